The summed E-state index contributed by atoms with van der Waals surface area (Å²) in [6.45, 7) is 5.63. The van der Waals surface area contributed by atoms with E-state index in [9.17, 15) is 9.90 Å². The number of benzene rings is 1. The molecule has 1 aromatic heterocycles. The van der Waals surface area contributed by atoms with E-state index in [1.807, 2.05) is 36.9 Å². The van der Waals surface area contributed by atoms with Crippen molar-refractivity contribution in [2.45, 2.75) is 51.6 Å². The first-order chi connectivity index (χ1) is 13.4. The van der Waals surface area contributed by atoms with Crippen LogP contribution in [0.3, 0.4) is 0 Å². The van der Waals surface area contributed by atoms with E-state index in [2.05, 4.69) is 4.98 Å². The lowest BCUT2D eigenvalue weighted by Gasteiger charge is -2.24. The molecule has 1 aromatic carbocycles. The monoisotopic (exact) mass is 422 g/mol. The van der Waals surface area contributed by atoms with E-state index < -0.39 is 5.60 Å². The minimum absolute atomic E-state index is 0.150. The average Bonchev–Trinajstić information content (AvgIpc) is 2.94. The highest BCUT2D eigenvalue weighted by molar-refractivity contribution is 7.11. The number of likely N-dealkylation sites (tertiary alicyclic amines) is 1. The lowest BCUT2D eigenvalue weighted by molar-refractivity contribution is -0.131. The summed E-state index contributed by atoms with van der Waals surface area (Å²) in [7, 11) is 0. The zero-order chi connectivity index (χ0) is 20.1. The van der Waals surface area contributed by atoms with Crippen molar-refractivity contribution in [3.05, 3.63) is 44.9 Å². The van der Waals surface area contributed by atoms with Crippen LogP contribution in [0.25, 0.3) is 0 Å². The number of para-hydroxylation sites is 1. The van der Waals surface area contributed by atoms with Gasteiger partial charge in [-0.05, 0) is 31.9 Å². The van der Waals surface area contributed by atoms with E-state index in [0.717, 1.165) is 22.0 Å². The summed E-state index contributed by atoms with van der Waals surface area (Å²) in [5, 5.41) is 12.6. The third-order valence-corrected chi connectivity index (χ3v) is 6.91. The van der Waals surface area contributed by atoms with Crippen LogP contribution in [0.4, 0.5) is 0 Å². The number of aromatic nitrogens is 1. The molecule has 7 heteroatoms. The van der Waals surface area contributed by atoms with Gasteiger partial charge in [-0.3, -0.25) is 4.79 Å². The maximum Gasteiger partial charge on any atom is 0.222 e. The number of hydrogen-bond acceptors (Lipinski definition) is 5. The maximum atomic E-state index is 12.0. The van der Waals surface area contributed by atoms with Gasteiger partial charge in [0.1, 0.15) is 16.4 Å². The van der Waals surface area contributed by atoms with Crippen molar-refractivity contribution in [3.63, 3.8) is 0 Å². The molecule has 0 spiro atoms. The molecule has 28 heavy (non-hydrogen) atoms. The Labute approximate surface area is 175 Å². The lowest BCUT2D eigenvalue weighted by Crippen LogP contribution is -2.33. The number of aryl methyl sites for hydroxylation is 1. The molecule has 1 N–H and O–H groups in total. The molecular formula is C21H27ClN2O3S. The van der Waals surface area contributed by atoms with Crippen molar-refractivity contribution in [3.8, 4) is 5.75 Å². The second-order valence-corrected chi connectivity index (χ2v) is 8.67. The maximum absolute atomic E-state index is 12.0. The van der Waals surface area contributed by atoms with Gasteiger partial charge < -0.3 is 14.7 Å². The van der Waals surface area contributed by atoms with E-state index in [1.165, 1.54) is 0 Å². The molecule has 3 rings (SSSR count). The number of carbonyl (C=O) groups is 1. The summed E-state index contributed by atoms with van der Waals surface area (Å²) in [5.74, 6) is 0.826. The topological polar surface area (TPSA) is 62.7 Å². The zero-order valence-electron chi connectivity index (χ0n) is 16.4. The molecule has 5 nitrogen and oxygen atoms in total. The number of hydrogen-bond donors (Lipinski definition) is 1. The number of carbonyl (C=O) groups excluding carboxylic acids is 1. The van der Waals surface area contributed by atoms with Crippen molar-refractivity contribution >= 4 is 28.8 Å². The molecule has 0 unspecified atom stereocenters. The van der Waals surface area contributed by atoms with Crippen LogP contribution in [0.2, 0.25) is 5.02 Å². The minimum Gasteiger partial charge on any atom is -0.492 e. The molecule has 1 amide bonds. The summed E-state index contributed by atoms with van der Waals surface area (Å²) in [6.07, 6.45) is 3.16. The van der Waals surface area contributed by atoms with E-state index in [4.69, 9.17) is 16.3 Å². The van der Waals surface area contributed by atoms with E-state index in [0.29, 0.717) is 56.2 Å². The van der Waals surface area contributed by atoms with E-state index in [1.54, 1.807) is 17.4 Å². The first-order valence-corrected chi connectivity index (χ1v) is 11.0. The summed E-state index contributed by atoms with van der Waals surface area (Å²) < 4.78 is 5.79. The quantitative estimate of drug-likeness (QED) is 0.752. The number of nitrogens with zero attached hydrogens (tertiary/aromatic N) is 2. The van der Waals surface area contributed by atoms with Gasteiger partial charge in [0.15, 0.2) is 0 Å². The van der Waals surface area contributed by atoms with Crippen molar-refractivity contribution in [2.75, 3.05) is 19.7 Å². The van der Waals surface area contributed by atoms with Gasteiger partial charge in [-0.15, -0.1) is 11.3 Å². The summed E-state index contributed by atoms with van der Waals surface area (Å²) in [6, 6.07) is 7.43. The van der Waals surface area contributed by atoms with Crippen molar-refractivity contribution < 1.29 is 14.6 Å². The van der Waals surface area contributed by atoms with Gasteiger partial charge in [-0.2, -0.15) is 0 Å². The van der Waals surface area contributed by atoms with Gasteiger partial charge in [-0.25, -0.2) is 4.98 Å². The van der Waals surface area contributed by atoms with Gasteiger partial charge in [0.05, 0.1) is 17.3 Å². The largest absolute Gasteiger partial charge is 0.492 e. The first-order valence-electron chi connectivity index (χ1n) is 9.77. The SMILES string of the molecule is CCC(=O)N1CCC[C@](O)(c2nc(C)c(CCOc3ccccc3Cl)s2)CC1. The molecule has 152 valence electrons. The summed E-state index contributed by atoms with van der Waals surface area (Å²) >= 11 is 7.68. The van der Waals surface area contributed by atoms with Crippen LogP contribution in [0.1, 0.15) is 48.2 Å². The normalized spacial score (nSPS) is 20.1. The fraction of sp³-hybridized carbons (Fsp3) is 0.524. The van der Waals surface area contributed by atoms with Crippen LogP contribution in [-0.4, -0.2) is 40.6 Å². The zero-order valence-corrected chi connectivity index (χ0v) is 18.0. The van der Waals surface area contributed by atoms with Crippen LogP contribution >= 0.6 is 22.9 Å². The second-order valence-electron chi connectivity index (χ2n) is 7.18. The fourth-order valence-corrected chi connectivity index (χ4v) is 4.86. The Bertz CT molecular complexity index is 826. The molecule has 1 aliphatic rings. The molecule has 1 atom stereocenters. The molecule has 1 aliphatic heterocycles. The number of amides is 1. The third kappa shape index (κ3) is 4.85. The van der Waals surface area contributed by atoms with Crippen LogP contribution in [0.15, 0.2) is 24.3 Å². The average molecular weight is 423 g/mol. The molecule has 2 aromatic rings. The Morgan fingerprint density at radius 1 is 1.36 bits per heavy atom. The summed E-state index contributed by atoms with van der Waals surface area (Å²) in [4.78, 5) is 19.6. The molecular weight excluding hydrogens is 396 g/mol. The molecule has 0 radical (unpaired) electrons. The molecule has 2 heterocycles. The second kappa shape index (κ2) is 9.25. The molecule has 0 bridgehead atoms. The Balaban J connectivity index is 1.64. The van der Waals surface area contributed by atoms with E-state index in [-0.39, 0.29) is 5.91 Å². The van der Waals surface area contributed by atoms with Gasteiger partial charge in [0, 0.05) is 37.2 Å². The highest BCUT2D eigenvalue weighted by atomic mass is 35.5. The first kappa shape index (κ1) is 21.1. The van der Waals surface area contributed by atoms with Crippen molar-refractivity contribution in [1.82, 2.24) is 9.88 Å². The number of thiazole rings is 1. The highest BCUT2D eigenvalue weighted by Gasteiger charge is 2.36. The third-order valence-electron chi connectivity index (χ3n) is 5.18. The fourth-order valence-electron chi connectivity index (χ4n) is 3.48. The van der Waals surface area contributed by atoms with Crippen LogP contribution in [0.5, 0.6) is 5.75 Å². The van der Waals surface area contributed by atoms with Gasteiger partial charge in [-0.1, -0.05) is 30.7 Å². The smallest absolute Gasteiger partial charge is 0.222 e. The Hall–Kier alpha value is -1.63. The molecule has 0 aliphatic carbocycles. The Morgan fingerprint density at radius 2 is 2.14 bits per heavy atom. The van der Waals surface area contributed by atoms with Crippen LogP contribution in [-0.2, 0) is 16.8 Å². The van der Waals surface area contributed by atoms with Gasteiger partial charge in [0.2, 0.25) is 5.91 Å². The van der Waals surface area contributed by atoms with Gasteiger partial charge in [0.25, 0.3) is 0 Å². The van der Waals surface area contributed by atoms with E-state index >= 15 is 0 Å². The van der Waals surface area contributed by atoms with Crippen molar-refractivity contribution in [2.24, 2.45) is 0 Å². The predicted molar refractivity (Wildman–Crippen MR) is 112 cm³/mol. The number of ether oxygens (including phenoxy) is 1. The predicted octanol–water partition coefficient (Wildman–Crippen LogP) is 4.34. The van der Waals surface area contributed by atoms with Crippen LogP contribution < -0.4 is 4.74 Å². The molecule has 1 saturated heterocycles. The standard InChI is InChI=1S/C21H27ClN2O3S/c1-3-19(25)24-12-6-10-21(26,11-13-24)20-23-15(2)18(28-20)9-14-27-17-8-5-4-7-16(17)22/h4-5,7-8,26H,3,6,9-14H2,1-2H3/t21-/m1/s1. The lowest BCUT2D eigenvalue weighted by atomic mass is 9.96. The molecule has 0 saturated carbocycles. The molecule has 1 fully saturated rings. The van der Waals surface area contributed by atoms with Crippen molar-refractivity contribution in [1.29, 1.82) is 0 Å². The Kier molecular flexibility index (Phi) is 6.96. The number of rotatable bonds is 6. The summed E-state index contributed by atoms with van der Waals surface area (Å²) in [5.41, 5.74) is -0.0260. The van der Waals surface area contributed by atoms with Crippen LogP contribution in [0, 0.1) is 6.92 Å². The minimum atomic E-state index is -0.958. The number of aliphatic hydroxyl groups is 1. The highest BCUT2D eigenvalue weighted by Crippen LogP contribution is 2.37. The Morgan fingerprint density at radius 3 is 2.89 bits per heavy atom. The number of halogens is 1. The van der Waals surface area contributed by atoms with Gasteiger partial charge >= 0.3 is 0 Å².